The molecular weight excluding hydrogens is 294 g/mol. The highest BCUT2D eigenvalue weighted by Gasteiger charge is 2.14. The van der Waals surface area contributed by atoms with Crippen LogP contribution in [-0.4, -0.2) is 22.4 Å². The van der Waals surface area contributed by atoms with Crippen molar-refractivity contribution in [2.24, 2.45) is 7.05 Å². The number of aryl methyl sites for hydroxylation is 2. The van der Waals surface area contributed by atoms with Crippen LogP contribution in [0.15, 0.2) is 24.3 Å². The van der Waals surface area contributed by atoms with Gasteiger partial charge in [0.15, 0.2) is 6.61 Å². The average molecular weight is 310 g/mol. The smallest absolute Gasteiger partial charge is 0.344 e. The van der Waals surface area contributed by atoms with Crippen LogP contribution in [0.1, 0.15) is 11.3 Å². The fourth-order valence-electron chi connectivity index (χ4n) is 1.78. The van der Waals surface area contributed by atoms with E-state index in [4.69, 9.17) is 26.8 Å². The normalized spacial score (nSPS) is 10.4. The molecule has 0 amide bonds. The van der Waals surface area contributed by atoms with Crippen LogP contribution >= 0.6 is 11.6 Å². The van der Waals surface area contributed by atoms with Gasteiger partial charge < -0.3 is 15.2 Å². The molecule has 2 aromatic rings. The third kappa shape index (κ3) is 3.66. The molecule has 0 bridgehead atoms. The molecule has 112 valence electrons. The molecule has 0 radical (unpaired) electrons. The number of ether oxygens (including phenoxy) is 2. The third-order valence-corrected chi connectivity index (χ3v) is 3.38. The number of para-hydroxylation sites is 2. The summed E-state index contributed by atoms with van der Waals surface area (Å²) in [7, 11) is 1.72. The number of carbonyl (C=O) groups excluding carboxylic acids is 1. The summed E-state index contributed by atoms with van der Waals surface area (Å²) < 4.78 is 12.0. The lowest BCUT2D eigenvalue weighted by molar-refractivity contribution is -0.147. The number of carbonyl (C=O) groups is 1. The van der Waals surface area contributed by atoms with Crippen molar-refractivity contribution in [2.45, 2.75) is 13.5 Å². The number of hydrogen-bond acceptors (Lipinski definition) is 5. The standard InChI is InChI=1S/C14H16ClN3O3/c1-9-10(14(15)18(2)17-9)7-21-13(19)8-20-12-6-4-3-5-11(12)16/h3-6H,7-8,16H2,1-2H3. The molecule has 0 saturated heterocycles. The Morgan fingerprint density at radius 2 is 2.14 bits per heavy atom. The Morgan fingerprint density at radius 1 is 1.43 bits per heavy atom. The van der Waals surface area contributed by atoms with E-state index >= 15 is 0 Å². The molecular formula is C14H16ClN3O3. The SMILES string of the molecule is Cc1nn(C)c(Cl)c1COC(=O)COc1ccccc1N. The molecule has 7 heteroatoms. The average Bonchev–Trinajstić information content (AvgIpc) is 2.69. The lowest BCUT2D eigenvalue weighted by Gasteiger charge is -2.08. The second-order valence-electron chi connectivity index (χ2n) is 4.47. The van der Waals surface area contributed by atoms with E-state index < -0.39 is 5.97 Å². The lowest BCUT2D eigenvalue weighted by atomic mass is 10.3. The molecule has 0 aliphatic heterocycles. The molecule has 6 nitrogen and oxygen atoms in total. The highest BCUT2D eigenvalue weighted by atomic mass is 35.5. The summed E-state index contributed by atoms with van der Waals surface area (Å²) in [6.45, 7) is 1.65. The Bertz CT molecular complexity index is 655. The van der Waals surface area contributed by atoms with Crippen molar-refractivity contribution >= 4 is 23.3 Å². The molecule has 0 aliphatic carbocycles. The Balaban J connectivity index is 1.87. The molecule has 1 heterocycles. The first-order valence-electron chi connectivity index (χ1n) is 6.30. The van der Waals surface area contributed by atoms with Crippen molar-refractivity contribution in [1.29, 1.82) is 0 Å². The molecule has 2 rings (SSSR count). The van der Waals surface area contributed by atoms with Gasteiger partial charge in [0.25, 0.3) is 0 Å². The van der Waals surface area contributed by atoms with Crippen molar-refractivity contribution < 1.29 is 14.3 Å². The van der Waals surface area contributed by atoms with Crippen LogP contribution in [0.25, 0.3) is 0 Å². The van der Waals surface area contributed by atoms with Crippen LogP contribution in [0.5, 0.6) is 5.75 Å². The van der Waals surface area contributed by atoms with E-state index in [0.29, 0.717) is 22.2 Å². The van der Waals surface area contributed by atoms with Gasteiger partial charge in [0.1, 0.15) is 17.5 Å². The quantitative estimate of drug-likeness (QED) is 0.676. The number of nitrogens with zero attached hydrogens (tertiary/aromatic N) is 2. The van der Waals surface area contributed by atoms with Crippen molar-refractivity contribution in [2.75, 3.05) is 12.3 Å². The second-order valence-corrected chi connectivity index (χ2v) is 4.82. The predicted octanol–water partition coefficient (Wildman–Crippen LogP) is 2.09. The number of halogens is 1. The molecule has 0 aliphatic rings. The Kier molecular flexibility index (Phi) is 4.70. The van der Waals surface area contributed by atoms with Crippen molar-refractivity contribution in [3.63, 3.8) is 0 Å². The Labute approximate surface area is 127 Å². The summed E-state index contributed by atoms with van der Waals surface area (Å²) >= 11 is 6.05. The topological polar surface area (TPSA) is 79.4 Å². The van der Waals surface area contributed by atoms with Gasteiger partial charge in [-0.2, -0.15) is 5.10 Å². The fraction of sp³-hybridized carbons (Fsp3) is 0.286. The summed E-state index contributed by atoms with van der Waals surface area (Å²) in [5.74, 6) is -0.0531. The van der Waals surface area contributed by atoms with Crippen LogP contribution < -0.4 is 10.5 Å². The maximum Gasteiger partial charge on any atom is 0.344 e. The van der Waals surface area contributed by atoms with E-state index in [1.54, 1.807) is 38.2 Å². The van der Waals surface area contributed by atoms with E-state index in [0.717, 1.165) is 5.69 Å². The highest BCUT2D eigenvalue weighted by molar-refractivity contribution is 6.30. The van der Waals surface area contributed by atoms with Crippen LogP contribution in [0.3, 0.4) is 0 Å². The highest BCUT2D eigenvalue weighted by Crippen LogP contribution is 2.21. The van der Waals surface area contributed by atoms with Crippen LogP contribution in [0.4, 0.5) is 5.69 Å². The minimum absolute atomic E-state index is 0.0605. The zero-order chi connectivity index (χ0) is 15.4. The van der Waals surface area contributed by atoms with Gasteiger partial charge in [-0.25, -0.2) is 4.79 Å². The van der Waals surface area contributed by atoms with Gasteiger partial charge in [0.2, 0.25) is 0 Å². The first-order chi connectivity index (χ1) is 9.99. The first-order valence-corrected chi connectivity index (χ1v) is 6.67. The minimum Gasteiger partial charge on any atom is -0.480 e. The minimum atomic E-state index is -0.502. The number of rotatable bonds is 5. The molecule has 1 aromatic heterocycles. The zero-order valence-corrected chi connectivity index (χ0v) is 12.6. The van der Waals surface area contributed by atoms with Gasteiger partial charge in [0.05, 0.1) is 11.4 Å². The molecule has 0 saturated carbocycles. The zero-order valence-electron chi connectivity index (χ0n) is 11.8. The lowest BCUT2D eigenvalue weighted by Crippen LogP contribution is -2.15. The first kappa shape index (κ1) is 15.2. The molecule has 0 fully saturated rings. The summed E-state index contributed by atoms with van der Waals surface area (Å²) in [5, 5.41) is 4.59. The van der Waals surface area contributed by atoms with Crippen LogP contribution in [-0.2, 0) is 23.2 Å². The number of hydrogen-bond donors (Lipinski definition) is 1. The predicted molar refractivity (Wildman–Crippen MR) is 79.1 cm³/mol. The second kappa shape index (κ2) is 6.49. The van der Waals surface area contributed by atoms with Gasteiger partial charge in [-0.15, -0.1) is 0 Å². The van der Waals surface area contributed by atoms with Gasteiger partial charge in [-0.1, -0.05) is 23.7 Å². The number of anilines is 1. The Hall–Kier alpha value is -2.21. The molecule has 0 spiro atoms. The fourth-order valence-corrected chi connectivity index (χ4v) is 2.01. The summed E-state index contributed by atoms with van der Waals surface area (Å²) in [4.78, 5) is 11.7. The Morgan fingerprint density at radius 3 is 2.76 bits per heavy atom. The van der Waals surface area contributed by atoms with Gasteiger partial charge in [0, 0.05) is 12.6 Å². The molecule has 0 atom stereocenters. The van der Waals surface area contributed by atoms with E-state index in [9.17, 15) is 4.79 Å². The monoisotopic (exact) mass is 309 g/mol. The number of aromatic nitrogens is 2. The largest absolute Gasteiger partial charge is 0.480 e. The molecule has 21 heavy (non-hydrogen) atoms. The van der Waals surface area contributed by atoms with Crippen molar-refractivity contribution in [1.82, 2.24) is 9.78 Å². The third-order valence-electron chi connectivity index (χ3n) is 2.91. The summed E-state index contributed by atoms with van der Waals surface area (Å²) in [6.07, 6.45) is 0. The molecule has 2 N–H and O–H groups in total. The van der Waals surface area contributed by atoms with E-state index in [1.165, 1.54) is 4.68 Å². The maximum absolute atomic E-state index is 11.7. The number of nitrogens with two attached hydrogens (primary N) is 1. The van der Waals surface area contributed by atoms with E-state index in [-0.39, 0.29) is 13.2 Å². The summed E-state index contributed by atoms with van der Waals surface area (Å²) in [5.41, 5.74) is 7.59. The summed E-state index contributed by atoms with van der Waals surface area (Å²) in [6, 6.07) is 6.94. The van der Waals surface area contributed by atoms with Gasteiger partial charge >= 0.3 is 5.97 Å². The molecule has 0 unspecified atom stereocenters. The number of benzene rings is 1. The van der Waals surface area contributed by atoms with E-state index in [1.807, 2.05) is 0 Å². The van der Waals surface area contributed by atoms with Crippen molar-refractivity contribution in [3.05, 3.63) is 40.7 Å². The van der Waals surface area contributed by atoms with Crippen molar-refractivity contribution in [3.8, 4) is 5.75 Å². The molecule has 1 aromatic carbocycles. The number of esters is 1. The van der Waals surface area contributed by atoms with Gasteiger partial charge in [-0.3, -0.25) is 4.68 Å². The maximum atomic E-state index is 11.7. The number of nitrogen functional groups attached to an aromatic ring is 1. The van der Waals surface area contributed by atoms with Crippen LogP contribution in [0.2, 0.25) is 5.15 Å². The van der Waals surface area contributed by atoms with E-state index in [2.05, 4.69) is 5.10 Å². The van der Waals surface area contributed by atoms with Crippen LogP contribution in [0, 0.1) is 6.92 Å². The van der Waals surface area contributed by atoms with Gasteiger partial charge in [-0.05, 0) is 19.1 Å².